The molecule has 1 atom stereocenters. The van der Waals surface area contributed by atoms with E-state index in [2.05, 4.69) is 5.32 Å². The van der Waals surface area contributed by atoms with E-state index >= 15 is 0 Å². The minimum atomic E-state index is -1.29. The molecule has 2 aromatic carbocycles. The lowest BCUT2D eigenvalue weighted by atomic mass is 10.2. The van der Waals surface area contributed by atoms with Crippen molar-refractivity contribution in [3.05, 3.63) is 59.7 Å². The lowest BCUT2D eigenvalue weighted by Crippen LogP contribution is -2.30. The van der Waals surface area contributed by atoms with Crippen LogP contribution < -0.4 is 10.2 Å². The minimum absolute atomic E-state index is 0.0874. The fourth-order valence-corrected chi connectivity index (χ4v) is 2.72. The third-order valence-corrected chi connectivity index (χ3v) is 4.25. The smallest absolute Gasteiger partial charge is 0.338 e. The predicted molar refractivity (Wildman–Crippen MR) is 98.0 cm³/mol. The molecule has 2 aromatic rings. The Bertz CT molecular complexity index is 975. The van der Waals surface area contributed by atoms with Gasteiger partial charge in [0.15, 0.2) is 6.10 Å². The fourth-order valence-electron chi connectivity index (χ4n) is 2.72. The molecule has 0 aliphatic carbocycles. The molecular weight excluding hydrogens is 386 g/mol. The van der Waals surface area contributed by atoms with Gasteiger partial charge in [0.05, 0.1) is 16.9 Å². The number of nitrogens with one attached hydrogen (secondary N) is 1. The average molecular weight is 402 g/mol. The quantitative estimate of drug-likeness (QED) is 0.613. The number of rotatable bonds is 5. The second kappa shape index (κ2) is 8.17. The molecule has 9 heteroatoms. The van der Waals surface area contributed by atoms with Crippen LogP contribution in [-0.2, 0) is 19.1 Å². The number of amides is 3. The maximum Gasteiger partial charge on any atom is 0.338 e. The Kier molecular flexibility index (Phi) is 5.67. The highest BCUT2D eigenvalue weighted by molar-refractivity contribution is 6.19. The summed E-state index contributed by atoms with van der Waals surface area (Å²) in [6.45, 7) is 1.28. The second-order valence-electron chi connectivity index (χ2n) is 6.33. The molecule has 0 aromatic heterocycles. The Hall–Kier alpha value is -3.62. The number of ether oxygens (including phenoxy) is 1. The lowest BCUT2D eigenvalue weighted by molar-refractivity contribution is -0.124. The van der Waals surface area contributed by atoms with Gasteiger partial charge in [0.2, 0.25) is 11.8 Å². The molecule has 0 saturated carbocycles. The van der Waals surface area contributed by atoms with Gasteiger partial charge in [-0.1, -0.05) is 0 Å². The van der Waals surface area contributed by atoms with Crippen LogP contribution in [-0.4, -0.2) is 29.8 Å². The molecule has 1 fully saturated rings. The third kappa shape index (κ3) is 4.45. The van der Waals surface area contributed by atoms with E-state index in [1.54, 1.807) is 0 Å². The number of esters is 1. The number of benzene rings is 2. The number of hydrogen-bond acceptors (Lipinski definition) is 5. The first-order valence-electron chi connectivity index (χ1n) is 8.69. The van der Waals surface area contributed by atoms with Crippen LogP contribution in [0.5, 0.6) is 0 Å². The van der Waals surface area contributed by atoms with Gasteiger partial charge in [-0.2, -0.15) is 0 Å². The normalized spacial score (nSPS) is 14.7. The Morgan fingerprint density at radius 2 is 1.66 bits per heavy atom. The summed E-state index contributed by atoms with van der Waals surface area (Å²) in [5.74, 6) is -3.88. The highest BCUT2D eigenvalue weighted by atomic mass is 19.1. The van der Waals surface area contributed by atoms with E-state index in [0.717, 1.165) is 23.1 Å². The van der Waals surface area contributed by atoms with E-state index in [-0.39, 0.29) is 35.9 Å². The first-order chi connectivity index (χ1) is 13.8. The first kappa shape index (κ1) is 20.1. The van der Waals surface area contributed by atoms with Crippen molar-refractivity contribution in [2.45, 2.75) is 25.9 Å². The summed E-state index contributed by atoms with van der Waals surface area (Å²) in [5.41, 5.74) is 0.0491. The zero-order chi connectivity index (χ0) is 21.1. The van der Waals surface area contributed by atoms with Gasteiger partial charge in [0, 0.05) is 18.9 Å². The van der Waals surface area contributed by atoms with Crippen molar-refractivity contribution < 1.29 is 32.7 Å². The van der Waals surface area contributed by atoms with Crippen LogP contribution in [0.2, 0.25) is 0 Å². The van der Waals surface area contributed by atoms with Crippen LogP contribution in [0.15, 0.2) is 42.5 Å². The van der Waals surface area contributed by atoms with Gasteiger partial charge in [-0.3, -0.25) is 19.3 Å². The second-order valence-corrected chi connectivity index (χ2v) is 6.33. The number of nitrogens with zero attached hydrogens (tertiary/aromatic N) is 1. The van der Waals surface area contributed by atoms with E-state index in [0.29, 0.717) is 5.69 Å². The summed E-state index contributed by atoms with van der Waals surface area (Å²) >= 11 is 0. The van der Waals surface area contributed by atoms with Gasteiger partial charge in [-0.05, 0) is 43.3 Å². The third-order valence-electron chi connectivity index (χ3n) is 4.25. The first-order valence-corrected chi connectivity index (χ1v) is 8.69. The summed E-state index contributed by atoms with van der Waals surface area (Å²) in [6.07, 6.45) is -1.01. The van der Waals surface area contributed by atoms with Crippen molar-refractivity contribution in [2.75, 3.05) is 10.2 Å². The molecular formula is C20H16F2N2O5. The Balaban J connectivity index is 1.63. The molecule has 0 radical (unpaired) electrons. The molecule has 3 rings (SSSR count). The van der Waals surface area contributed by atoms with Crippen LogP contribution in [0.4, 0.5) is 20.2 Å². The highest BCUT2D eigenvalue weighted by Crippen LogP contribution is 2.23. The van der Waals surface area contributed by atoms with E-state index in [1.165, 1.54) is 31.2 Å². The molecule has 1 N–H and O–H groups in total. The number of anilines is 2. The molecule has 7 nitrogen and oxygen atoms in total. The predicted octanol–water partition coefficient (Wildman–Crippen LogP) is 2.80. The van der Waals surface area contributed by atoms with E-state index < -0.39 is 29.6 Å². The number of halogens is 2. The molecule has 1 aliphatic rings. The minimum Gasteiger partial charge on any atom is -0.449 e. The van der Waals surface area contributed by atoms with Crippen LogP contribution in [0.1, 0.15) is 30.1 Å². The zero-order valence-electron chi connectivity index (χ0n) is 15.3. The number of hydrogen-bond donors (Lipinski definition) is 1. The van der Waals surface area contributed by atoms with Crippen molar-refractivity contribution in [2.24, 2.45) is 0 Å². The van der Waals surface area contributed by atoms with Gasteiger partial charge in [0.25, 0.3) is 5.91 Å². The topological polar surface area (TPSA) is 92.8 Å². The van der Waals surface area contributed by atoms with Crippen molar-refractivity contribution in [1.82, 2.24) is 0 Å². The zero-order valence-corrected chi connectivity index (χ0v) is 15.3. The number of imide groups is 1. The Morgan fingerprint density at radius 1 is 1.03 bits per heavy atom. The van der Waals surface area contributed by atoms with Gasteiger partial charge in [-0.15, -0.1) is 0 Å². The molecule has 0 bridgehead atoms. The monoisotopic (exact) mass is 402 g/mol. The summed E-state index contributed by atoms with van der Waals surface area (Å²) in [4.78, 5) is 48.8. The van der Waals surface area contributed by atoms with Crippen molar-refractivity contribution in [3.8, 4) is 0 Å². The van der Waals surface area contributed by atoms with E-state index in [1.807, 2.05) is 0 Å². The lowest BCUT2D eigenvalue weighted by Gasteiger charge is -2.15. The van der Waals surface area contributed by atoms with Crippen LogP contribution in [0.3, 0.4) is 0 Å². The molecule has 1 unspecified atom stereocenters. The average Bonchev–Trinajstić information content (AvgIpc) is 3.03. The van der Waals surface area contributed by atoms with E-state index in [9.17, 15) is 28.0 Å². The molecule has 0 spiro atoms. The van der Waals surface area contributed by atoms with Crippen molar-refractivity contribution in [1.29, 1.82) is 0 Å². The van der Waals surface area contributed by atoms with Crippen LogP contribution in [0.25, 0.3) is 0 Å². The number of carbonyl (C=O) groups is 4. The molecule has 150 valence electrons. The van der Waals surface area contributed by atoms with Crippen LogP contribution >= 0.6 is 0 Å². The largest absolute Gasteiger partial charge is 0.449 e. The summed E-state index contributed by atoms with van der Waals surface area (Å²) in [7, 11) is 0. The molecule has 1 saturated heterocycles. The van der Waals surface area contributed by atoms with E-state index in [4.69, 9.17) is 4.74 Å². The molecule has 29 heavy (non-hydrogen) atoms. The van der Waals surface area contributed by atoms with Gasteiger partial charge < -0.3 is 10.1 Å². The van der Waals surface area contributed by atoms with Gasteiger partial charge >= 0.3 is 5.97 Å². The van der Waals surface area contributed by atoms with Gasteiger partial charge in [-0.25, -0.2) is 13.6 Å². The summed E-state index contributed by atoms with van der Waals surface area (Å²) < 4.78 is 31.8. The van der Waals surface area contributed by atoms with Crippen molar-refractivity contribution >= 4 is 35.1 Å². The summed E-state index contributed by atoms with van der Waals surface area (Å²) in [5, 5.41) is 2.15. The van der Waals surface area contributed by atoms with Gasteiger partial charge in [0.1, 0.15) is 11.6 Å². The maximum absolute atomic E-state index is 13.6. The van der Waals surface area contributed by atoms with Crippen molar-refractivity contribution in [3.63, 3.8) is 0 Å². The molecule has 1 heterocycles. The summed E-state index contributed by atoms with van der Waals surface area (Å²) in [6, 6.07) is 8.12. The SMILES string of the molecule is CC(OC(=O)c1ccc(N2C(=O)CCC2=O)cc1)C(=O)Nc1cc(F)ccc1F. The maximum atomic E-state index is 13.6. The Morgan fingerprint density at radius 3 is 2.28 bits per heavy atom. The highest BCUT2D eigenvalue weighted by Gasteiger charge is 2.30. The molecule has 1 aliphatic heterocycles. The fraction of sp³-hybridized carbons (Fsp3) is 0.200. The molecule has 3 amide bonds. The number of carbonyl (C=O) groups excluding carboxylic acids is 4. The van der Waals surface area contributed by atoms with Crippen LogP contribution in [0, 0.1) is 11.6 Å². The standard InChI is InChI=1S/C20H16F2N2O5/c1-11(19(27)23-16-10-13(21)4-7-15(16)22)29-20(28)12-2-5-14(6-3-12)24-17(25)8-9-18(24)26/h2-7,10-11H,8-9H2,1H3,(H,23,27). The Labute approximate surface area is 164 Å².